The Morgan fingerprint density at radius 2 is 1.85 bits per heavy atom. The first-order valence-corrected chi connectivity index (χ1v) is 9.72. The van der Waals surface area contributed by atoms with Gasteiger partial charge in [0.25, 0.3) is 11.8 Å². The SMILES string of the molecule is COc1cc(/C=N\N2C(=O)[C@@H]3[C@H](C2=O)[C@@H]2C=C[C@@H]3C23CC3)cc(I)c1O. The predicted octanol–water partition coefficient (Wildman–Crippen LogP) is 2.54. The Labute approximate surface area is 164 Å². The zero-order chi connectivity index (χ0) is 18.2. The van der Waals surface area contributed by atoms with E-state index < -0.39 is 0 Å². The van der Waals surface area contributed by atoms with Crippen molar-refractivity contribution in [2.45, 2.75) is 12.8 Å². The standard InChI is InChI=1S/C19H17IN2O4/c1-26-13-7-9(6-12(20)16(13)23)8-21-22-17(24)14-10-2-3-11(15(14)18(22)25)19(10)4-5-19/h2-3,6-8,10-11,14-15,23H,4-5H2,1H3/b21-8-/t10-,11-,14-,15+/m0/s1. The van der Waals surface area contributed by atoms with Crippen LogP contribution in [0.2, 0.25) is 0 Å². The molecule has 2 bridgehead atoms. The lowest BCUT2D eigenvalue weighted by atomic mass is 9.85. The van der Waals surface area contributed by atoms with Gasteiger partial charge in [0.1, 0.15) is 0 Å². The van der Waals surface area contributed by atoms with Crippen LogP contribution in [0.15, 0.2) is 29.4 Å². The number of nitrogens with zero attached hydrogens (tertiary/aromatic N) is 2. The van der Waals surface area contributed by atoms with Crippen LogP contribution in [-0.4, -0.2) is 35.3 Å². The smallest absolute Gasteiger partial charge is 0.254 e. The molecule has 4 atom stereocenters. The molecular formula is C19H17IN2O4. The number of aromatic hydroxyl groups is 1. The summed E-state index contributed by atoms with van der Waals surface area (Å²) in [5.41, 5.74) is 0.846. The van der Waals surface area contributed by atoms with Crippen LogP contribution in [0.3, 0.4) is 0 Å². The van der Waals surface area contributed by atoms with Crippen LogP contribution in [0.5, 0.6) is 11.5 Å². The molecule has 5 rings (SSSR count). The van der Waals surface area contributed by atoms with Crippen LogP contribution in [0.25, 0.3) is 0 Å². The number of carbonyl (C=O) groups is 2. The number of rotatable bonds is 3. The number of allylic oxidation sites excluding steroid dienone is 2. The van der Waals surface area contributed by atoms with E-state index in [2.05, 4.69) is 17.3 Å². The number of hydrazone groups is 1. The van der Waals surface area contributed by atoms with Crippen LogP contribution < -0.4 is 4.74 Å². The van der Waals surface area contributed by atoms with E-state index in [9.17, 15) is 14.7 Å². The van der Waals surface area contributed by atoms with Crippen molar-refractivity contribution in [1.82, 2.24) is 5.01 Å². The van der Waals surface area contributed by atoms with Gasteiger partial charge in [-0.1, -0.05) is 12.2 Å². The zero-order valence-corrected chi connectivity index (χ0v) is 16.2. The minimum absolute atomic E-state index is 0.0606. The van der Waals surface area contributed by atoms with Crippen LogP contribution in [0.1, 0.15) is 18.4 Å². The number of phenolic OH excluding ortho intramolecular Hbond substituents is 1. The number of benzene rings is 1. The summed E-state index contributed by atoms with van der Waals surface area (Å²) in [7, 11) is 1.47. The molecule has 0 aromatic heterocycles. The van der Waals surface area contributed by atoms with Crippen molar-refractivity contribution < 1.29 is 19.4 Å². The Hall–Kier alpha value is -1.90. The number of methoxy groups -OCH3 is 1. The molecule has 1 aromatic carbocycles. The van der Waals surface area contributed by atoms with Gasteiger partial charge in [-0.15, -0.1) is 0 Å². The van der Waals surface area contributed by atoms with Crippen molar-refractivity contribution in [1.29, 1.82) is 0 Å². The summed E-state index contributed by atoms with van der Waals surface area (Å²) in [6.07, 6.45) is 8.01. The predicted molar refractivity (Wildman–Crippen MR) is 102 cm³/mol. The lowest BCUT2D eigenvalue weighted by Crippen LogP contribution is -2.30. The van der Waals surface area contributed by atoms with E-state index >= 15 is 0 Å². The molecule has 1 heterocycles. The second kappa shape index (κ2) is 5.31. The maximum absolute atomic E-state index is 12.9. The number of hydrogen-bond donors (Lipinski definition) is 1. The van der Waals surface area contributed by atoms with Gasteiger partial charge in [0, 0.05) is 0 Å². The molecule has 0 radical (unpaired) electrons. The first-order valence-electron chi connectivity index (χ1n) is 8.64. The summed E-state index contributed by atoms with van der Waals surface area (Å²) < 4.78 is 5.74. The van der Waals surface area contributed by atoms with Crippen molar-refractivity contribution in [3.05, 3.63) is 33.4 Å². The lowest BCUT2D eigenvalue weighted by molar-refractivity contribution is -0.141. The Balaban J connectivity index is 1.43. The average Bonchev–Trinajstić information content (AvgIpc) is 3.23. The lowest BCUT2D eigenvalue weighted by Gasteiger charge is -2.18. The summed E-state index contributed by atoms with van der Waals surface area (Å²) in [5, 5.41) is 15.1. The topological polar surface area (TPSA) is 79.2 Å². The zero-order valence-electron chi connectivity index (χ0n) is 14.1. The highest BCUT2D eigenvalue weighted by atomic mass is 127. The van der Waals surface area contributed by atoms with Gasteiger partial charge in [0.15, 0.2) is 11.5 Å². The quantitative estimate of drug-likeness (QED) is 0.323. The molecule has 1 saturated heterocycles. The fourth-order valence-electron chi connectivity index (χ4n) is 5.12. The molecule has 3 fully saturated rings. The van der Waals surface area contributed by atoms with Gasteiger partial charge in [-0.05, 0) is 70.4 Å². The van der Waals surface area contributed by atoms with E-state index in [1.807, 2.05) is 22.6 Å². The number of carbonyl (C=O) groups excluding carboxylic acids is 2. The number of ether oxygens (including phenoxy) is 1. The maximum Gasteiger partial charge on any atom is 0.254 e. The number of amides is 2. The monoisotopic (exact) mass is 464 g/mol. The van der Waals surface area contributed by atoms with E-state index in [1.165, 1.54) is 13.3 Å². The Bertz CT molecular complexity index is 871. The minimum Gasteiger partial charge on any atom is -0.504 e. The van der Waals surface area contributed by atoms with Gasteiger partial charge in [-0.2, -0.15) is 10.1 Å². The summed E-state index contributed by atoms with van der Waals surface area (Å²) in [4.78, 5) is 25.7. The fraction of sp³-hybridized carbons (Fsp3) is 0.421. The third-order valence-electron chi connectivity index (χ3n) is 6.42. The van der Waals surface area contributed by atoms with Crippen LogP contribution in [0, 0.1) is 32.7 Å². The average molecular weight is 464 g/mol. The number of hydrogen-bond acceptors (Lipinski definition) is 5. The van der Waals surface area contributed by atoms with Crippen molar-refractivity contribution in [3.8, 4) is 11.5 Å². The molecule has 1 spiro atoms. The van der Waals surface area contributed by atoms with Gasteiger partial charge < -0.3 is 9.84 Å². The Kier molecular flexibility index (Phi) is 3.33. The van der Waals surface area contributed by atoms with Crippen molar-refractivity contribution in [2.75, 3.05) is 7.11 Å². The highest BCUT2D eigenvalue weighted by Gasteiger charge is 2.73. The summed E-state index contributed by atoms with van der Waals surface area (Å²) >= 11 is 1.99. The molecular weight excluding hydrogens is 447 g/mol. The highest BCUT2D eigenvalue weighted by Crippen LogP contribution is 2.73. The van der Waals surface area contributed by atoms with Gasteiger partial charge in [-0.25, -0.2) is 0 Å². The largest absolute Gasteiger partial charge is 0.504 e. The fourth-order valence-corrected chi connectivity index (χ4v) is 5.75. The molecule has 134 valence electrons. The second-order valence-electron chi connectivity index (χ2n) is 7.51. The molecule has 2 saturated carbocycles. The maximum atomic E-state index is 12.9. The van der Waals surface area contributed by atoms with E-state index in [-0.39, 0.29) is 46.7 Å². The van der Waals surface area contributed by atoms with Gasteiger partial charge >= 0.3 is 0 Å². The Morgan fingerprint density at radius 3 is 2.38 bits per heavy atom. The normalized spacial score (nSPS) is 32.9. The molecule has 4 aliphatic rings. The third-order valence-corrected chi connectivity index (χ3v) is 7.24. The summed E-state index contributed by atoms with van der Waals surface area (Å²) in [5.74, 6) is -0.0663. The molecule has 1 N–H and O–H groups in total. The van der Waals surface area contributed by atoms with Gasteiger partial charge in [0.05, 0.1) is 28.7 Å². The highest BCUT2D eigenvalue weighted by molar-refractivity contribution is 14.1. The Morgan fingerprint density at radius 1 is 1.23 bits per heavy atom. The van der Waals surface area contributed by atoms with Crippen LogP contribution >= 0.6 is 22.6 Å². The second-order valence-corrected chi connectivity index (χ2v) is 8.67. The first-order chi connectivity index (χ1) is 12.5. The number of fused-ring (bicyclic) bond motifs is 3. The van der Waals surface area contributed by atoms with Gasteiger partial charge in [0.2, 0.25) is 0 Å². The number of imide groups is 1. The summed E-state index contributed by atoms with van der Waals surface area (Å²) in [6, 6.07) is 3.34. The number of phenols is 1. The molecule has 6 nitrogen and oxygen atoms in total. The van der Waals surface area contributed by atoms with E-state index in [4.69, 9.17) is 4.74 Å². The van der Waals surface area contributed by atoms with E-state index in [1.54, 1.807) is 12.1 Å². The molecule has 2 amide bonds. The molecule has 1 aromatic rings. The molecule has 3 aliphatic carbocycles. The van der Waals surface area contributed by atoms with Crippen LogP contribution in [-0.2, 0) is 9.59 Å². The van der Waals surface area contributed by atoms with E-state index in [0.29, 0.717) is 14.9 Å². The van der Waals surface area contributed by atoms with Gasteiger partial charge in [-0.3, -0.25) is 9.59 Å². The first kappa shape index (κ1) is 16.3. The number of halogens is 1. The van der Waals surface area contributed by atoms with Crippen molar-refractivity contribution in [2.24, 2.45) is 34.2 Å². The van der Waals surface area contributed by atoms with Crippen molar-refractivity contribution in [3.63, 3.8) is 0 Å². The summed E-state index contributed by atoms with van der Waals surface area (Å²) in [6.45, 7) is 0. The molecule has 26 heavy (non-hydrogen) atoms. The molecule has 7 heteroatoms. The molecule has 1 aliphatic heterocycles. The van der Waals surface area contributed by atoms with Crippen LogP contribution in [0.4, 0.5) is 0 Å². The minimum atomic E-state index is -0.244. The van der Waals surface area contributed by atoms with Crippen molar-refractivity contribution >= 4 is 40.6 Å². The molecule has 0 unspecified atom stereocenters. The van der Waals surface area contributed by atoms with E-state index in [0.717, 1.165) is 17.9 Å². The third kappa shape index (κ3) is 1.95.